The van der Waals surface area contributed by atoms with Crippen LogP contribution in [0.1, 0.15) is 25.5 Å². The molecule has 2 N–H and O–H groups in total. The SMILES string of the molecule is CCn1cc(S(=O)(=O)NCC2CCCS2)cc1CO. The first-order valence-corrected chi connectivity index (χ1v) is 9.01. The van der Waals surface area contributed by atoms with Crippen molar-refractivity contribution in [2.24, 2.45) is 0 Å². The normalized spacial score (nSPS) is 20.0. The van der Waals surface area contributed by atoms with E-state index in [1.807, 2.05) is 18.7 Å². The second-order valence-corrected chi connectivity index (χ2v) is 7.77. The summed E-state index contributed by atoms with van der Waals surface area (Å²) in [5.41, 5.74) is 0.623. The lowest BCUT2D eigenvalue weighted by Gasteiger charge is -2.09. The highest BCUT2D eigenvalue weighted by Crippen LogP contribution is 2.25. The van der Waals surface area contributed by atoms with Crippen LogP contribution >= 0.6 is 11.8 Å². The predicted molar refractivity (Wildman–Crippen MR) is 76.7 cm³/mol. The molecule has 0 amide bonds. The fraction of sp³-hybridized carbons (Fsp3) is 0.667. The molecule has 19 heavy (non-hydrogen) atoms. The molecule has 0 radical (unpaired) electrons. The molecular weight excluding hydrogens is 284 g/mol. The summed E-state index contributed by atoms with van der Waals surface area (Å²) in [5.74, 6) is 1.12. The Hall–Kier alpha value is -0.500. The minimum absolute atomic E-state index is 0.151. The smallest absolute Gasteiger partial charge is 0.242 e. The summed E-state index contributed by atoms with van der Waals surface area (Å²) in [5, 5.41) is 9.58. The quantitative estimate of drug-likeness (QED) is 0.828. The molecule has 1 saturated heterocycles. The molecule has 0 aliphatic carbocycles. The van der Waals surface area contributed by atoms with E-state index in [-0.39, 0.29) is 11.5 Å². The summed E-state index contributed by atoms with van der Waals surface area (Å²) < 4.78 is 28.8. The number of nitrogens with one attached hydrogen (secondary N) is 1. The van der Waals surface area contributed by atoms with Gasteiger partial charge in [-0.1, -0.05) is 0 Å². The van der Waals surface area contributed by atoms with E-state index in [4.69, 9.17) is 0 Å². The lowest BCUT2D eigenvalue weighted by molar-refractivity contribution is 0.271. The highest BCUT2D eigenvalue weighted by Gasteiger charge is 2.21. The molecule has 7 heteroatoms. The van der Waals surface area contributed by atoms with Crippen molar-refractivity contribution in [2.75, 3.05) is 12.3 Å². The number of aromatic nitrogens is 1. The molecule has 0 bridgehead atoms. The topological polar surface area (TPSA) is 71.3 Å². The van der Waals surface area contributed by atoms with Gasteiger partial charge in [0.2, 0.25) is 10.0 Å². The summed E-state index contributed by atoms with van der Waals surface area (Å²) in [4.78, 5) is 0.237. The maximum Gasteiger partial charge on any atom is 0.242 e. The van der Waals surface area contributed by atoms with Gasteiger partial charge in [-0.15, -0.1) is 0 Å². The zero-order chi connectivity index (χ0) is 13.9. The number of thioether (sulfide) groups is 1. The second-order valence-electron chi connectivity index (χ2n) is 4.60. The van der Waals surface area contributed by atoms with Crippen LogP contribution in [0.15, 0.2) is 17.2 Å². The monoisotopic (exact) mass is 304 g/mol. The van der Waals surface area contributed by atoms with Gasteiger partial charge in [-0.3, -0.25) is 0 Å². The van der Waals surface area contributed by atoms with Crippen LogP contribution in [0.25, 0.3) is 0 Å². The zero-order valence-corrected chi connectivity index (χ0v) is 12.6. The molecule has 2 heterocycles. The van der Waals surface area contributed by atoms with Crippen LogP contribution in [0.2, 0.25) is 0 Å². The number of sulfonamides is 1. The molecular formula is C12H20N2O3S2. The fourth-order valence-corrected chi connectivity index (χ4v) is 4.64. The molecule has 1 aromatic rings. The number of rotatable bonds is 6. The molecule has 0 aromatic carbocycles. The van der Waals surface area contributed by atoms with E-state index in [1.165, 1.54) is 6.07 Å². The van der Waals surface area contributed by atoms with Crippen LogP contribution in [-0.4, -0.2) is 35.6 Å². The van der Waals surface area contributed by atoms with Crippen molar-refractivity contribution in [1.82, 2.24) is 9.29 Å². The minimum Gasteiger partial charge on any atom is -0.390 e. The molecule has 1 unspecified atom stereocenters. The molecule has 0 saturated carbocycles. The van der Waals surface area contributed by atoms with Crippen LogP contribution in [-0.2, 0) is 23.2 Å². The summed E-state index contributed by atoms with van der Waals surface area (Å²) in [6.45, 7) is 2.89. The number of aliphatic hydroxyl groups excluding tert-OH is 1. The molecule has 2 rings (SSSR count). The third-order valence-electron chi connectivity index (χ3n) is 3.30. The van der Waals surface area contributed by atoms with E-state index in [9.17, 15) is 13.5 Å². The van der Waals surface area contributed by atoms with Crippen molar-refractivity contribution in [3.63, 3.8) is 0 Å². The highest BCUT2D eigenvalue weighted by molar-refractivity contribution is 8.00. The van der Waals surface area contributed by atoms with Gasteiger partial charge in [-0.05, 0) is 31.6 Å². The molecule has 108 valence electrons. The maximum atomic E-state index is 12.2. The van der Waals surface area contributed by atoms with Gasteiger partial charge in [0.05, 0.1) is 11.5 Å². The van der Waals surface area contributed by atoms with Gasteiger partial charge in [0.25, 0.3) is 0 Å². The summed E-state index contributed by atoms with van der Waals surface area (Å²) in [6, 6.07) is 1.54. The fourth-order valence-electron chi connectivity index (χ4n) is 2.19. The van der Waals surface area contributed by atoms with Gasteiger partial charge in [-0.2, -0.15) is 11.8 Å². The molecule has 1 aliphatic heterocycles. The first kappa shape index (κ1) is 14.9. The van der Waals surface area contributed by atoms with E-state index >= 15 is 0 Å². The molecule has 1 fully saturated rings. The average molecular weight is 304 g/mol. The van der Waals surface area contributed by atoms with Crippen LogP contribution in [0.3, 0.4) is 0 Å². The van der Waals surface area contributed by atoms with Crippen molar-refractivity contribution in [3.05, 3.63) is 18.0 Å². The minimum atomic E-state index is -3.46. The Morgan fingerprint density at radius 2 is 2.37 bits per heavy atom. The predicted octanol–water partition coefficient (Wildman–Crippen LogP) is 1.17. The largest absolute Gasteiger partial charge is 0.390 e. The van der Waals surface area contributed by atoms with E-state index in [1.54, 1.807) is 10.8 Å². The van der Waals surface area contributed by atoms with Crippen molar-refractivity contribution in [3.8, 4) is 0 Å². The average Bonchev–Trinajstić information content (AvgIpc) is 3.05. The van der Waals surface area contributed by atoms with E-state index < -0.39 is 10.0 Å². The molecule has 5 nitrogen and oxygen atoms in total. The Labute approximate surface area is 118 Å². The molecule has 1 aromatic heterocycles. The Balaban J connectivity index is 2.07. The number of hydrogen-bond acceptors (Lipinski definition) is 4. The van der Waals surface area contributed by atoms with Crippen molar-refractivity contribution in [1.29, 1.82) is 0 Å². The number of nitrogens with zero attached hydrogens (tertiary/aromatic N) is 1. The van der Waals surface area contributed by atoms with Crippen LogP contribution in [0.4, 0.5) is 0 Å². The van der Waals surface area contributed by atoms with Gasteiger partial charge in [0.15, 0.2) is 0 Å². The van der Waals surface area contributed by atoms with E-state index in [0.29, 0.717) is 24.0 Å². The summed E-state index contributed by atoms with van der Waals surface area (Å²) in [6.07, 6.45) is 3.82. The third-order valence-corrected chi connectivity index (χ3v) is 6.09. The zero-order valence-electron chi connectivity index (χ0n) is 11.0. The van der Waals surface area contributed by atoms with Gasteiger partial charge in [0, 0.05) is 30.2 Å². The summed E-state index contributed by atoms with van der Waals surface area (Å²) in [7, 11) is -3.46. The second kappa shape index (κ2) is 6.30. The number of aliphatic hydroxyl groups is 1. The lowest BCUT2D eigenvalue weighted by atomic mass is 10.2. The van der Waals surface area contributed by atoms with E-state index in [2.05, 4.69) is 4.72 Å². The van der Waals surface area contributed by atoms with Gasteiger partial charge in [-0.25, -0.2) is 13.1 Å². The Morgan fingerprint density at radius 3 is 2.89 bits per heavy atom. The Morgan fingerprint density at radius 1 is 1.58 bits per heavy atom. The Bertz CT molecular complexity index is 498. The number of hydrogen-bond donors (Lipinski definition) is 2. The van der Waals surface area contributed by atoms with Crippen LogP contribution < -0.4 is 4.72 Å². The van der Waals surface area contributed by atoms with Gasteiger partial charge >= 0.3 is 0 Å². The van der Waals surface area contributed by atoms with Crippen LogP contribution in [0.5, 0.6) is 0 Å². The molecule has 0 spiro atoms. The molecule has 1 aliphatic rings. The first-order chi connectivity index (χ1) is 9.06. The van der Waals surface area contributed by atoms with Gasteiger partial charge in [0.1, 0.15) is 0 Å². The summed E-state index contributed by atoms with van der Waals surface area (Å²) >= 11 is 1.82. The number of aryl methyl sites for hydroxylation is 1. The van der Waals surface area contributed by atoms with Crippen molar-refractivity contribution < 1.29 is 13.5 Å². The maximum absolute atomic E-state index is 12.2. The van der Waals surface area contributed by atoms with E-state index in [0.717, 1.165) is 18.6 Å². The first-order valence-electron chi connectivity index (χ1n) is 6.48. The standard InChI is InChI=1S/C12H20N2O3S2/c1-2-14-8-12(6-10(14)9-15)19(16,17)13-7-11-4-3-5-18-11/h6,8,11,13,15H,2-5,7,9H2,1H3. The third kappa shape index (κ3) is 3.53. The van der Waals surface area contributed by atoms with Gasteiger partial charge < -0.3 is 9.67 Å². The lowest BCUT2D eigenvalue weighted by Crippen LogP contribution is -2.29. The van der Waals surface area contributed by atoms with Crippen molar-refractivity contribution in [2.45, 2.75) is 43.1 Å². The highest BCUT2D eigenvalue weighted by atomic mass is 32.2. The Kier molecular flexibility index (Phi) is 4.94. The van der Waals surface area contributed by atoms with Crippen LogP contribution in [0, 0.1) is 0 Å². The molecule has 1 atom stereocenters. The van der Waals surface area contributed by atoms with Crippen molar-refractivity contribution >= 4 is 21.8 Å².